The Bertz CT molecular complexity index is 837. The fraction of sp³-hybridized carbons (Fsp3) is 0.455. The van der Waals surface area contributed by atoms with Gasteiger partial charge in [0.15, 0.2) is 17.5 Å². The number of guanidine groups is 1. The Balaban J connectivity index is 1.61. The molecule has 1 aromatic carbocycles. The molecule has 0 atom stereocenters. The predicted octanol–water partition coefficient (Wildman–Crippen LogP) is 3.58. The van der Waals surface area contributed by atoms with Crippen LogP contribution in [0.1, 0.15) is 31.9 Å². The van der Waals surface area contributed by atoms with Crippen LogP contribution >= 0.6 is 11.6 Å². The summed E-state index contributed by atoms with van der Waals surface area (Å²) < 4.78 is 11.4. The lowest BCUT2D eigenvalue weighted by Crippen LogP contribution is -2.39. The zero-order valence-corrected chi connectivity index (χ0v) is 18.1. The van der Waals surface area contributed by atoms with E-state index in [-0.39, 0.29) is 5.41 Å². The number of pyridine rings is 1. The summed E-state index contributed by atoms with van der Waals surface area (Å²) in [6.07, 6.45) is 2.65. The average Bonchev–Trinajstić information content (AvgIpc) is 2.73. The zero-order chi connectivity index (χ0) is 20.7. The molecular weight excluding hydrogens is 388 g/mol. The molecule has 3 rings (SSSR count). The molecule has 0 aliphatic carbocycles. The molecule has 0 saturated carbocycles. The molecule has 2 aromatic rings. The minimum absolute atomic E-state index is 0.141. The molecule has 6 nitrogen and oxygen atoms in total. The van der Waals surface area contributed by atoms with Gasteiger partial charge < -0.3 is 20.1 Å². The van der Waals surface area contributed by atoms with Crippen molar-refractivity contribution in [2.24, 2.45) is 4.99 Å². The molecule has 0 fully saturated rings. The van der Waals surface area contributed by atoms with E-state index in [2.05, 4.69) is 48.5 Å². The number of hydrogen-bond donors (Lipinski definition) is 2. The van der Waals surface area contributed by atoms with Crippen LogP contribution in [0.4, 0.5) is 0 Å². The molecule has 0 saturated heterocycles. The highest BCUT2D eigenvalue weighted by atomic mass is 35.5. The summed E-state index contributed by atoms with van der Waals surface area (Å²) in [5, 5.41) is 7.21. The summed E-state index contributed by atoms with van der Waals surface area (Å²) in [5.41, 5.74) is 2.17. The van der Waals surface area contributed by atoms with Crippen LogP contribution in [0.5, 0.6) is 11.5 Å². The minimum Gasteiger partial charge on any atom is -0.486 e. The van der Waals surface area contributed by atoms with Crippen LogP contribution in [0, 0.1) is 0 Å². The number of aromatic nitrogens is 1. The van der Waals surface area contributed by atoms with E-state index >= 15 is 0 Å². The van der Waals surface area contributed by atoms with Crippen molar-refractivity contribution in [2.45, 2.75) is 32.6 Å². The molecule has 29 heavy (non-hydrogen) atoms. The lowest BCUT2D eigenvalue weighted by molar-refractivity contribution is 0.171. The molecule has 2 N–H and O–H groups in total. The van der Waals surface area contributed by atoms with Gasteiger partial charge in [-0.3, -0.25) is 4.99 Å². The van der Waals surface area contributed by atoms with Crippen molar-refractivity contribution in [3.63, 3.8) is 0 Å². The van der Waals surface area contributed by atoms with E-state index in [0.29, 0.717) is 24.9 Å². The average molecular weight is 417 g/mol. The van der Waals surface area contributed by atoms with Crippen LogP contribution < -0.4 is 20.1 Å². The summed E-state index contributed by atoms with van der Waals surface area (Å²) in [5.74, 6) is 2.43. The third kappa shape index (κ3) is 6.00. The van der Waals surface area contributed by atoms with E-state index in [1.165, 1.54) is 5.56 Å². The lowest BCUT2D eigenvalue weighted by atomic mass is 9.84. The number of halogens is 1. The first-order chi connectivity index (χ1) is 14.0. The maximum absolute atomic E-state index is 5.84. The molecule has 0 bridgehead atoms. The van der Waals surface area contributed by atoms with E-state index in [1.54, 1.807) is 6.20 Å². The largest absolute Gasteiger partial charge is 0.486 e. The summed E-state index contributed by atoms with van der Waals surface area (Å²) >= 11 is 5.84. The highest BCUT2D eigenvalue weighted by molar-refractivity contribution is 6.29. The Kier molecular flexibility index (Phi) is 7.20. The fourth-order valence-corrected chi connectivity index (χ4v) is 3.17. The standard InChI is InChI=1S/C22H29ClN4O2/c1-4-24-21(25-10-9-16-5-8-20(23)26-14-16)27-15-22(2,3)17-6-7-18-19(13-17)29-12-11-28-18/h5-8,13-14H,4,9-12,15H2,1-3H3,(H2,24,25,27). The highest BCUT2D eigenvalue weighted by Crippen LogP contribution is 2.35. The fourth-order valence-electron chi connectivity index (χ4n) is 3.05. The third-order valence-electron chi connectivity index (χ3n) is 4.80. The van der Waals surface area contributed by atoms with E-state index in [9.17, 15) is 0 Å². The number of ether oxygens (including phenoxy) is 2. The van der Waals surface area contributed by atoms with Crippen molar-refractivity contribution in [1.82, 2.24) is 15.6 Å². The van der Waals surface area contributed by atoms with Gasteiger partial charge in [-0.05, 0) is 42.7 Å². The van der Waals surface area contributed by atoms with E-state index in [1.807, 2.05) is 18.2 Å². The predicted molar refractivity (Wildman–Crippen MR) is 117 cm³/mol. The Morgan fingerprint density at radius 1 is 1.14 bits per heavy atom. The summed E-state index contributed by atoms with van der Waals surface area (Å²) in [7, 11) is 0. The second-order valence-electron chi connectivity index (χ2n) is 7.60. The Morgan fingerprint density at radius 3 is 2.66 bits per heavy atom. The molecule has 2 heterocycles. The molecule has 1 aliphatic rings. The third-order valence-corrected chi connectivity index (χ3v) is 5.02. The molecule has 0 unspecified atom stereocenters. The van der Waals surface area contributed by atoms with Gasteiger partial charge in [-0.15, -0.1) is 0 Å². The summed E-state index contributed by atoms with van der Waals surface area (Å²) in [6.45, 7) is 9.83. The summed E-state index contributed by atoms with van der Waals surface area (Å²) in [6, 6.07) is 9.95. The van der Waals surface area contributed by atoms with Gasteiger partial charge in [0.25, 0.3) is 0 Å². The van der Waals surface area contributed by atoms with Gasteiger partial charge in [-0.25, -0.2) is 4.98 Å². The number of aliphatic imine (C=N–C) groups is 1. The van der Waals surface area contributed by atoms with Crippen LogP contribution in [0.25, 0.3) is 0 Å². The van der Waals surface area contributed by atoms with Crippen LogP contribution in [0.3, 0.4) is 0 Å². The number of benzene rings is 1. The molecule has 156 valence electrons. The molecular formula is C22H29ClN4O2. The summed E-state index contributed by atoms with van der Waals surface area (Å²) in [4.78, 5) is 8.92. The molecule has 1 aliphatic heterocycles. The lowest BCUT2D eigenvalue weighted by Gasteiger charge is -2.26. The molecule has 0 amide bonds. The van der Waals surface area contributed by atoms with Crippen LogP contribution in [-0.2, 0) is 11.8 Å². The van der Waals surface area contributed by atoms with Crippen LogP contribution in [0.15, 0.2) is 41.5 Å². The van der Waals surface area contributed by atoms with Gasteiger partial charge in [0.2, 0.25) is 0 Å². The normalized spacial score (nSPS) is 13.9. The first-order valence-corrected chi connectivity index (χ1v) is 10.4. The van der Waals surface area contributed by atoms with Gasteiger partial charge in [-0.2, -0.15) is 0 Å². The Morgan fingerprint density at radius 2 is 1.93 bits per heavy atom. The van der Waals surface area contributed by atoms with Crippen LogP contribution in [-0.4, -0.2) is 43.8 Å². The van der Waals surface area contributed by atoms with Gasteiger partial charge >= 0.3 is 0 Å². The molecule has 0 spiro atoms. The zero-order valence-electron chi connectivity index (χ0n) is 17.3. The van der Waals surface area contributed by atoms with Gasteiger partial charge in [0.05, 0.1) is 6.54 Å². The monoisotopic (exact) mass is 416 g/mol. The first-order valence-electron chi connectivity index (χ1n) is 10.0. The van der Waals surface area contributed by atoms with E-state index in [0.717, 1.165) is 42.5 Å². The molecule has 1 aromatic heterocycles. The SMILES string of the molecule is CCNC(=NCC(C)(C)c1ccc2c(c1)OCCO2)NCCc1ccc(Cl)nc1. The second kappa shape index (κ2) is 9.83. The van der Waals surface area contributed by atoms with E-state index in [4.69, 9.17) is 26.1 Å². The quantitative estimate of drug-likeness (QED) is 0.410. The van der Waals surface area contributed by atoms with Gasteiger partial charge in [0, 0.05) is 24.7 Å². The van der Waals surface area contributed by atoms with Crippen molar-refractivity contribution in [1.29, 1.82) is 0 Å². The Hall–Kier alpha value is -2.47. The second-order valence-corrected chi connectivity index (χ2v) is 7.99. The van der Waals surface area contributed by atoms with Gasteiger partial charge in [-0.1, -0.05) is 37.6 Å². The van der Waals surface area contributed by atoms with Crippen molar-refractivity contribution >= 4 is 17.6 Å². The van der Waals surface area contributed by atoms with Crippen molar-refractivity contribution in [3.8, 4) is 11.5 Å². The highest BCUT2D eigenvalue weighted by Gasteiger charge is 2.23. The van der Waals surface area contributed by atoms with Crippen LogP contribution in [0.2, 0.25) is 5.15 Å². The minimum atomic E-state index is -0.141. The number of hydrogen-bond acceptors (Lipinski definition) is 4. The maximum atomic E-state index is 5.84. The Labute approximate surface area is 177 Å². The first kappa shape index (κ1) is 21.2. The van der Waals surface area contributed by atoms with Gasteiger partial charge in [0.1, 0.15) is 18.4 Å². The van der Waals surface area contributed by atoms with Crippen molar-refractivity contribution in [3.05, 3.63) is 52.8 Å². The maximum Gasteiger partial charge on any atom is 0.191 e. The smallest absolute Gasteiger partial charge is 0.191 e. The van der Waals surface area contributed by atoms with Crippen molar-refractivity contribution < 1.29 is 9.47 Å². The number of nitrogens with zero attached hydrogens (tertiary/aromatic N) is 2. The number of nitrogens with one attached hydrogen (secondary N) is 2. The van der Waals surface area contributed by atoms with Crippen molar-refractivity contribution in [2.75, 3.05) is 32.8 Å². The van der Waals surface area contributed by atoms with E-state index < -0.39 is 0 Å². The number of rotatable bonds is 7. The number of fused-ring (bicyclic) bond motifs is 1. The molecule has 7 heteroatoms. The molecule has 0 radical (unpaired) electrons. The topological polar surface area (TPSA) is 67.8 Å².